The number of rotatable bonds is 14. The Balaban J connectivity index is 1.56. The molecule has 0 saturated carbocycles. The van der Waals surface area contributed by atoms with E-state index in [1.165, 1.54) is 17.7 Å². The minimum absolute atomic E-state index is 0.00162. The number of ether oxygens (including phenoxy) is 1. The molecule has 0 spiro atoms. The van der Waals surface area contributed by atoms with Crippen LogP contribution in [0.25, 0.3) is 11.0 Å². The monoisotopic (exact) mass is 518 g/mol. The van der Waals surface area contributed by atoms with Crippen LogP contribution in [0.15, 0.2) is 65.8 Å². The second-order valence-corrected chi connectivity index (χ2v) is 9.22. The van der Waals surface area contributed by atoms with Gasteiger partial charge in [0.1, 0.15) is 5.65 Å². The lowest BCUT2D eigenvalue weighted by Gasteiger charge is -2.19. The molecule has 200 valence electrons. The predicted molar refractivity (Wildman–Crippen MR) is 148 cm³/mol. The van der Waals surface area contributed by atoms with E-state index in [0.717, 1.165) is 38.8 Å². The van der Waals surface area contributed by atoms with Gasteiger partial charge in [0, 0.05) is 43.0 Å². The normalized spacial score (nSPS) is 12.0. The number of pyridine rings is 2. The van der Waals surface area contributed by atoms with Crippen molar-refractivity contribution >= 4 is 17.0 Å². The van der Waals surface area contributed by atoms with Gasteiger partial charge in [0.15, 0.2) is 17.3 Å². The fraction of sp³-hybridized carbons (Fsp3) is 0.379. The molecule has 8 nitrogen and oxygen atoms in total. The molecule has 38 heavy (non-hydrogen) atoms. The number of nitrogens with one attached hydrogen (secondary N) is 2. The summed E-state index contributed by atoms with van der Waals surface area (Å²) in [5, 5.41) is 7.48. The van der Waals surface area contributed by atoms with Gasteiger partial charge in [0.2, 0.25) is 5.95 Å². The topological polar surface area (TPSA) is 94.0 Å². The van der Waals surface area contributed by atoms with Crippen LogP contribution in [0, 0.1) is 5.82 Å². The maximum atomic E-state index is 14.2. The van der Waals surface area contributed by atoms with Gasteiger partial charge in [-0.1, -0.05) is 26.0 Å². The van der Waals surface area contributed by atoms with Crippen molar-refractivity contribution in [2.45, 2.75) is 52.0 Å². The van der Waals surface area contributed by atoms with E-state index in [1.54, 1.807) is 29.0 Å². The van der Waals surface area contributed by atoms with Gasteiger partial charge in [-0.25, -0.2) is 9.37 Å². The number of halogens is 1. The molecule has 9 heteroatoms. The molecule has 4 aromatic rings. The molecule has 0 bridgehead atoms. The Hall–Kier alpha value is -3.85. The van der Waals surface area contributed by atoms with Crippen LogP contribution in [0.3, 0.4) is 0 Å². The molecular formula is C29H35FN6O2. The number of benzene rings is 1. The number of aromatic nitrogens is 4. The van der Waals surface area contributed by atoms with Crippen molar-refractivity contribution in [3.63, 3.8) is 0 Å². The Bertz CT molecular complexity index is 1380. The molecule has 1 unspecified atom stereocenters. The van der Waals surface area contributed by atoms with Crippen LogP contribution >= 0.6 is 0 Å². The largest absolute Gasteiger partial charge is 0.448 e. The maximum Gasteiger partial charge on any atom is 0.295 e. The number of fused-ring (bicyclic) bond motifs is 1. The van der Waals surface area contributed by atoms with Gasteiger partial charge in [-0.2, -0.15) is 4.98 Å². The van der Waals surface area contributed by atoms with Gasteiger partial charge in [-0.15, -0.1) is 0 Å². The third-order valence-corrected chi connectivity index (χ3v) is 6.31. The van der Waals surface area contributed by atoms with Gasteiger partial charge in [-0.05, 0) is 74.7 Å². The highest BCUT2D eigenvalue weighted by Crippen LogP contribution is 2.25. The zero-order valence-corrected chi connectivity index (χ0v) is 22.0. The molecule has 1 atom stereocenters. The van der Waals surface area contributed by atoms with Crippen LogP contribution < -0.4 is 20.9 Å². The maximum absolute atomic E-state index is 14.2. The van der Waals surface area contributed by atoms with Crippen LogP contribution in [-0.4, -0.2) is 39.2 Å². The smallest absolute Gasteiger partial charge is 0.295 e. The first-order valence-electron chi connectivity index (χ1n) is 13.3. The second-order valence-electron chi connectivity index (χ2n) is 9.22. The third-order valence-electron chi connectivity index (χ3n) is 6.31. The SMILES string of the molecule is CCCNCCCC(CNc1ncc2cc(Oc3ccccc3F)c(=O)n(CCC)c2n1)c1ccncc1. The van der Waals surface area contributed by atoms with Crippen LogP contribution in [-0.2, 0) is 6.54 Å². The van der Waals surface area contributed by atoms with E-state index in [0.29, 0.717) is 30.1 Å². The lowest BCUT2D eigenvalue weighted by atomic mass is 9.95. The number of anilines is 1. The Labute approximate surface area is 222 Å². The lowest BCUT2D eigenvalue weighted by molar-refractivity contribution is 0.432. The Morgan fingerprint density at radius 3 is 2.63 bits per heavy atom. The molecule has 0 fully saturated rings. The first-order chi connectivity index (χ1) is 18.6. The Morgan fingerprint density at radius 1 is 1.05 bits per heavy atom. The molecule has 3 aromatic heterocycles. The summed E-state index contributed by atoms with van der Waals surface area (Å²) in [6, 6.07) is 11.7. The number of hydrogen-bond acceptors (Lipinski definition) is 7. The summed E-state index contributed by atoms with van der Waals surface area (Å²) in [6.45, 7) is 7.24. The molecule has 0 aliphatic carbocycles. The van der Waals surface area contributed by atoms with Crippen molar-refractivity contribution in [1.29, 1.82) is 0 Å². The van der Waals surface area contributed by atoms with Crippen molar-refractivity contribution in [3.05, 3.63) is 82.8 Å². The van der Waals surface area contributed by atoms with Gasteiger partial charge >= 0.3 is 0 Å². The van der Waals surface area contributed by atoms with Crippen molar-refractivity contribution in [2.24, 2.45) is 0 Å². The summed E-state index contributed by atoms with van der Waals surface area (Å²) < 4.78 is 21.4. The van der Waals surface area contributed by atoms with E-state index >= 15 is 0 Å². The van der Waals surface area contributed by atoms with Gasteiger partial charge in [-0.3, -0.25) is 14.3 Å². The van der Waals surface area contributed by atoms with Crippen molar-refractivity contribution in [1.82, 2.24) is 24.8 Å². The molecule has 0 aliphatic heterocycles. The molecule has 3 heterocycles. The molecule has 4 rings (SSSR count). The fourth-order valence-electron chi connectivity index (χ4n) is 4.38. The van der Waals surface area contributed by atoms with Gasteiger partial charge in [0.05, 0.1) is 0 Å². The first kappa shape index (κ1) is 27.2. The van der Waals surface area contributed by atoms with E-state index in [2.05, 4.69) is 27.5 Å². The highest BCUT2D eigenvalue weighted by Gasteiger charge is 2.16. The third kappa shape index (κ3) is 6.92. The fourth-order valence-corrected chi connectivity index (χ4v) is 4.38. The predicted octanol–water partition coefficient (Wildman–Crippen LogP) is 5.50. The molecule has 0 saturated heterocycles. The Morgan fingerprint density at radius 2 is 1.87 bits per heavy atom. The summed E-state index contributed by atoms with van der Waals surface area (Å²) in [4.78, 5) is 26.6. The molecule has 2 N–H and O–H groups in total. The minimum Gasteiger partial charge on any atom is -0.448 e. The van der Waals surface area contributed by atoms with Crippen LogP contribution in [0.5, 0.6) is 11.5 Å². The summed E-state index contributed by atoms with van der Waals surface area (Å²) in [6.07, 6.45) is 9.19. The van der Waals surface area contributed by atoms with E-state index in [-0.39, 0.29) is 23.0 Å². The highest BCUT2D eigenvalue weighted by atomic mass is 19.1. The molecule has 0 aliphatic rings. The zero-order chi connectivity index (χ0) is 26.7. The van der Waals surface area contributed by atoms with Gasteiger partial charge in [0.25, 0.3) is 5.56 Å². The van der Waals surface area contributed by atoms with Gasteiger partial charge < -0.3 is 15.4 Å². The van der Waals surface area contributed by atoms with Crippen molar-refractivity contribution in [2.75, 3.05) is 25.0 Å². The molecule has 1 aromatic carbocycles. The van der Waals surface area contributed by atoms with Crippen LogP contribution in [0.2, 0.25) is 0 Å². The summed E-state index contributed by atoms with van der Waals surface area (Å²) in [5.41, 5.74) is 1.36. The average Bonchev–Trinajstić information content (AvgIpc) is 2.94. The first-order valence-corrected chi connectivity index (χ1v) is 13.3. The van der Waals surface area contributed by atoms with E-state index in [1.807, 2.05) is 31.5 Å². The highest BCUT2D eigenvalue weighted by molar-refractivity contribution is 5.77. The number of para-hydroxylation sites is 1. The second kappa shape index (κ2) is 13.6. The van der Waals surface area contributed by atoms with Crippen LogP contribution in [0.1, 0.15) is 51.0 Å². The number of hydrogen-bond donors (Lipinski definition) is 2. The number of aryl methyl sites for hydroxylation is 1. The van der Waals surface area contributed by atoms with E-state index < -0.39 is 5.82 Å². The van der Waals surface area contributed by atoms with E-state index in [9.17, 15) is 9.18 Å². The summed E-state index contributed by atoms with van der Waals surface area (Å²) in [5.74, 6) is 0.213. The Kier molecular flexibility index (Phi) is 9.75. The molecular weight excluding hydrogens is 483 g/mol. The van der Waals surface area contributed by atoms with Crippen molar-refractivity contribution in [3.8, 4) is 11.5 Å². The van der Waals surface area contributed by atoms with E-state index in [4.69, 9.17) is 9.72 Å². The molecule has 0 radical (unpaired) electrons. The summed E-state index contributed by atoms with van der Waals surface area (Å²) >= 11 is 0. The standard InChI is InChI=1S/C29H35FN6O2/c1-3-13-31-14-7-8-22(21-11-15-32-16-12-21)19-33-29-34-20-23-18-26(38-25-10-6-5-9-24(25)30)28(37)36(17-4-2)27(23)35-29/h5-6,9-12,15-16,18,20,22,31H,3-4,7-8,13-14,17,19H2,1-2H3,(H,33,34,35). The quantitative estimate of drug-likeness (QED) is 0.213. The lowest BCUT2D eigenvalue weighted by Crippen LogP contribution is -2.23. The van der Waals surface area contributed by atoms with Crippen molar-refractivity contribution < 1.29 is 9.13 Å². The minimum atomic E-state index is -0.533. The molecule has 0 amide bonds. The van der Waals surface area contributed by atoms with Crippen LogP contribution in [0.4, 0.5) is 10.3 Å². The summed E-state index contributed by atoms with van der Waals surface area (Å²) in [7, 11) is 0. The zero-order valence-electron chi connectivity index (χ0n) is 22.0. The average molecular weight is 519 g/mol. The number of nitrogens with zero attached hydrogens (tertiary/aromatic N) is 4.